The first kappa shape index (κ1) is 13.1. The number of hydrogen-bond acceptors (Lipinski definition) is 3. The summed E-state index contributed by atoms with van der Waals surface area (Å²) < 4.78 is 20.1. The van der Waals surface area contributed by atoms with Crippen LogP contribution in [0.15, 0.2) is 42.4 Å². The predicted molar refractivity (Wildman–Crippen MR) is 66.9 cm³/mol. The van der Waals surface area contributed by atoms with Gasteiger partial charge in [0.2, 0.25) is 0 Å². The molecular formula is C13H13FN2O3. The topological polar surface area (TPSA) is 64.3 Å². The van der Waals surface area contributed by atoms with Crippen LogP contribution in [0.1, 0.15) is 23.5 Å². The van der Waals surface area contributed by atoms with Gasteiger partial charge >= 0.3 is 5.97 Å². The third-order valence-corrected chi connectivity index (χ3v) is 2.83. The standard InChI is InChI=1S/C13H13FN2O3/c1-3-4-9(14)5-8(2)11-7-19-13-15-6-10(12(17)18)16(11)13/h3-6,11H,1,7H2,2H3,(H,17,18)/b8-5+,9-4+. The Balaban J connectivity index is 2.36. The number of rotatable bonds is 4. The van der Waals surface area contributed by atoms with Gasteiger partial charge in [-0.15, -0.1) is 0 Å². The second-order valence-corrected chi connectivity index (χ2v) is 4.10. The summed E-state index contributed by atoms with van der Waals surface area (Å²) in [4.78, 5) is 15.0. The molecule has 1 atom stereocenters. The molecule has 1 unspecified atom stereocenters. The Morgan fingerprint density at radius 2 is 2.47 bits per heavy atom. The van der Waals surface area contributed by atoms with Crippen LogP contribution < -0.4 is 4.74 Å². The Kier molecular flexibility index (Phi) is 3.50. The molecule has 100 valence electrons. The summed E-state index contributed by atoms with van der Waals surface area (Å²) in [6.07, 6.45) is 5.13. The molecule has 19 heavy (non-hydrogen) atoms. The molecule has 2 heterocycles. The number of nitrogens with zero attached hydrogens (tertiary/aromatic N) is 2. The number of aromatic carboxylic acids is 1. The SMILES string of the molecule is C=C/C=C(F)\C=C(/C)C1COc2ncc(C(=O)O)n21. The van der Waals surface area contributed by atoms with Gasteiger partial charge in [0.25, 0.3) is 6.01 Å². The average Bonchev–Trinajstić information content (AvgIpc) is 2.88. The number of fused-ring (bicyclic) bond motifs is 1. The highest BCUT2D eigenvalue weighted by Gasteiger charge is 2.30. The zero-order chi connectivity index (χ0) is 14.0. The number of carboxylic acid groups (broad SMARTS) is 1. The fraction of sp³-hybridized carbons (Fsp3) is 0.231. The molecule has 1 aliphatic rings. The first-order chi connectivity index (χ1) is 9.04. The molecule has 0 saturated carbocycles. The van der Waals surface area contributed by atoms with E-state index in [0.29, 0.717) is 5.57 Å². The Labute approximate surface area is 109 Å². The second-order valence-electron chi connectivity index (χ2n) is 4.10. The van der Waals surface area contributed by atoms with Gasteiger partial charge < -0.3 is 9.84 Å². The highest BCUT2D eigenvalue weighted by Crippen LogP contribution is 2.32. The van der Waals surface area contributed by atoms with Crippen LogP contribution in [0.25, 0.3) is 0 Å². The smallest absolute Gasteiger partial charge is 0.354 e. The minimum absolute atomic E-state index is 0.0263. The number of allylic oxidation sites excluding steroid dienone is 4. The van der Waals surface area contributed by atoms with E-state index in [1.165, 1.54) is 29.0 Å². The van der Waals surface area contributed by atoms with Gasteiger partial charge in [0.1, 0.15) is 12.4 Å². The number of carbonyl (C=O) groups is 1. The van der Waals surface area contributed by atoms with Crippen LogP contribution in [0.3, 0.4) is 0 Å². The maximum Gasteiger partial charge on any atom is 0.354 e. The first-order valence-electron chi connectivity index (χ1n) is 5.64. The molecule has 0 spiro atoms. The van der Waals surface area contributed by atoms with E-state index in [1.807, 2.05) is 0 Å². The third-order valence-electron chi connectivity index (χ3n) is 2.83. The minimum atomic E-state index is -1.09. The molecule has 1 aliphatic heterocycles. The van der Waals surface area contributed by atoms with Gasteiger partial charge in [-0.3, -0.25) is 4.57 Å². The minimum Gasteiger partial charge on any atom is -0.477 e. The molecule has 1 aromatic rings. The lowest BCUT2D eigenvalue weighted by molar-refractivity contribution is 0.0684. The molecule has 0 bridgehead atoms. The van der Waals surface area contributed by atoms with Crippen molar-refractivity contribution >= 4 is 5.97 Å². The fourth-order valence-corrected chi connectivity index (χ4v) is 1.95. The van der Waals surface area contributed by atoms with E-state index in [0.717, 1.165) is 0 Å². The van der Waals surface area contributed by atoms with Gasteiger partial charge in [0.05, 0.1) is 12.2 Å². The normalized spacial score (nSPS) is 18.9. The molecule has 2 rings (SSSR count). The van der Waals surface area contributed by atoms with E-state index in [4.69, 9.17) is 9.84 Å². The lowest BCUT2D eigenvalue weighted by atomic mass is 10.1. The van der Waals surface area contributed by atoms with Crippen molar-refractivity contribution in [2.45, 2.75) is 13.0 Å². The Hall–Kier alpha value is -2.37. The van der Waals surface area contributed by atoms with Gasteiger partial charge in [-0.05, 0) is 24.6 Å². The molecule has 1 aromatic heterocycles. The maximum absolute atomic E-state index is 13.4. The third kappa shape index (κ3) is 2.42. The van der Waals surface area contributed by atoms with E-state index < -0.39 is 11.8 Å². The number of halogens is 1. The molecule has 1 N–H and O–H groups in total. The van der Waals surface area contributed by atoms with Crippen molar-refractivity contribution < 1.29 is 19.0 Å². The van der Waals surface area contributed by atoms with Crippen molar-refractivity contribution in [3.8, 4) is 6.01 Å². The summed E-state index contributed by atoms with van der Waals surface area (Å²) in [6, 6.07) is -0.129. The van der Waals surface area contributed by atoms with Crippen LogP contribution in [-0.2, 0) is 0 Å². The molecule has 0 fully saturated rings. The highest BCUT2D eigenvalue weighted by atomic mass is 19.1. The van der Waals surface area contributed by atoms with Crippen molar-refractivity contribution in [3.63, 3.8) is 0 Å². The number of carboxylic acids is 1. The van der Waals surface area contributed by atoms with Gasteiger partial charge in [-0.1, -0.05) is 12.7 Å². The van der Waals surface area contributed by atoms with Crippen molar-refractivity contribution in [2.75, 3.05) is 6.61 Å². The molecule has 6 heteroatoms. The number of ether oxygens (including phenoxy) is 1. The summed E-state index contributed by atoms with van der Waals surface area (Å²) in [5.74, 6) is -1.54. The zero-order valence-electron chi connectivity index (χ0n) is 10.3. The lowest BCUT2D eigenvalue weighted by Gasteiger charge is -2.12. The molecule has 5 nitrogen and oxygen atoms in total. The Morgan fingerprint density at radius 3 is 3.11 bits per heavy atom. The fourth-order valence-electron chi connectivity index (χ4n) is 1.95. The van der Waals surface area contributed by atoms with Crippen LogP contribution in [0.5, 0.6) is 6.01 Å². The molecule has 0 saturated heterocycles. The van der Waals surface area contributed by atoms with Crippen LogP contribution in [-0.4, -0.2) is 27.2 Å². The van der Waals surface area contributed by atoms with Gasteiger partial charge in [-0.25, -0.2) is 14.2 Å². The molecule has 0 aromatic carbocycles. The zero-order valence-corrected chi connectivity index (χ0v) is 10.3. The molecular weight excluding hydrogens is 251 g/mol. The van der Waals surface area contributed by atoms with Crippen LogP contribution in [0, 0.1) is 0 Å². The predicted octanol–water partition coefficient (Wildman–Crippen LogP) is 2.50. The molecule has 0 amide bonds. The highest BCUT2D eigenvalue weighted by molar-refractivity contribution is 5.86. The summed E-state index contributed by atoms with van der Waals surface area (Å²) in [5.41, 5.74) is 0.674. The quantitative estimate of drug-likeness (QED) is 0.848. The van der Waals surface area contributed by atoms with Crippen molar-refractivity contribution in [2.24, 2.45) is 0 Å². The number of imidazole rings is 1. The van der Waals surface area contributed by atoms with Crippen LogP contribution in [0.2, 0.25) is 0 Å². The number of aromatic nitrogens is 2. The van der Waals surface area contributed by atoms with E-state index in [-0.39, 0.29) is 24.4 Å². The summed E-state index contributed by atoms with van der Waals surface area (Å²) in [5, 5.41) is 9.07. The van der Waals surface area contributed by atoms with E-state index in [2.05, 4.69) is 11.6 Å². The summed E-state index contributed by atoms with van der Waals surface area (Å²) in [6.45, 7) is 5.36. The Morgan fingerprint density at radius 1 is 1.74 bits per heavy atom. The Bertz CT molecular complexity index is 587. The van der Waals surface area contributed by atoms with Crippen molar-refractivity contribution in [3.05, 3.63) is 48.1 Å². The van der Waals surface area contributed by atoms with E-state index in [1.54, 1.807) is 6.92 Å². The van der Waals surface area contributed by atoms with E-state index in [9.17, 15) is 9.18 Å². The largest absolute Gasteiger partial charge is 0.477 e. The monoisotopic (exact) mass is 264 g/mol. The van der Waals surface area contributed by atoms with Crippen LogP contribution in [0.4, 0.5) is 4.39 Å². The number of hydrogen-bond donors (Lipinski definition) is 1. The first-order valence-corrected chi connectivity index (χ1v) is 5.64. The molecule has 0 aliphatic carbocycles. The second kappa shape index (κ2) is 5.09. The van der Waals surface area contributed by atoms with E-state index >= 15 is 0 Å². The summed E-state index contributed by atoms with van der Waals surface area (Å²) >= 11 is 0. The van der Waals surface area contributed by atoms with Crippen LogP contribution >= 0.6 is 0 Å². The maximum atomic E-state index is 13.4. The van der Waals surface area contributed by atoms with Gasteiger partial charge in [0, 0.05) is 0 Å². The van der Waals surface area contributed by atoms with Gasteiger partial charge in [0.15, 0.2) is 5.69 Å². The molecule has 0 radical (unpaired) electrons. The van der Waals surface area contributed by atoms with Gasteiger partial charge in [-0.2, -0.15) is 0 Å². The lowest BCUT2D eigenvalue weighted by Crippen LogP contribution is -2.14. The van der Waals surface area contributed by atoms with Crippen molar-refractivity contribution in [1.82, 2.24) is 9.55 Å². The van der Waals surface area contributed by atoms with Crippen molar-refractivity contribution in [1.29, 1.82) is 0 Å². The summed E-state index contributed by atoms with van der Waals surface area (Å²) in [7, 11) is 0. The average molecular weight is 264 g/mol.